The number of Topliss-reactive ketones (excluding diaryl/α,β-unsaturated/α-hetero) is 2. The summed E-state index contributed by atoms with van der Waals surface area (Å²) in [5.74, 6) is 0.503. The molecule has 0 aromatic carbocycles. The Morgan fingerprint density at radius 1 is 0.930 bits per heavy atom. The number of methoxy groups -OCH3 is 1. The minimum atomic E-state index is -0.412. The number of esters is 1. The van der Waals surface area contributed by atoms with Gasteiger partial charge in [-0.15, -0.1) is 0 Å². The highest BCUT2D eigenvalue weighted by Gasteiger charge is 2.44. The van der Waals surface area contributed by atoms with Crippen LogP contribution in [0.1, 0.15) is 122 Å². The van der Waals surface area contributed by atoms with Crippen molar-refractivity contribution in [2.24, 2.45) is 23.7 Å². The first kappa shape index (κ1) is 34.3. The summed E-state index contributed by atoms with van der Waals surface area (Å²) in [5, 5.41) is 0. The fourth-order valence-electron chi connectivity index (χ4n) is 7.42. The minimum absolute atomic E-state index is 0.0637. The molecule has 0 aromatic rings. The lowest BCUT2D eigenvalue weighted by Crippen LogP contribution is -2.34. The summed E-state index contributed by atoms with van der Waals surface area (Å²) in [4.78, 5) is 37.8. The summed E-state index contributed by atoms with van der Waals surface area (Å²) in [5.41, 5.74) is 0. The molecule has 0 bridgehead atoms. The van der Waals surface area contributed by atoms with Crippen molar-refractivity contribution < 1.29 is 38.1 Å². The Labute approximate surface area is 258 Å². The molecule has 2 saturated heterocycles. The van der Waals surface area contributed by atoms with Gasteiger partial charge in [0.15, 0.2) is 12.6 Å². The number of hydrogen-bond donors (Lipinski definition) is 0. The van der Waals surface area contributed by atoms with Gasteiger partial charge < -0.3 is 23.7 Å². The van der Waals surface area contributed by atoms with Gasteiger partial charge in [0, 0.05) is 50.7 Å². The van der Waals surface area contributed by atoms with Crippen LogP contribution in [0, 0.1) is 23.7 Å². The normalized spacial score (nSPS) is 32.6. The summed E-state index contributed by atoms with van der Waals surface area (Å²) >= 11 is 0. The molecule has 6 atom stereocenters. The molecule has 2 heterocycles. The van der Waals surface area contributed by atoms with Gasteiger partial charge in [0.2, 0.25) is 0 Å². The van der Waals surface area contributed by atoms with Crippen molar-refractivity contribution in [1.29, 1.82) is 0 Å². The van der Waals surface area contributed by atoms with Crippen LogP contribution in [0.15, 0.2) is 12.2 Å². The SMILES string of the molecule is CCCC1CCC([C@@H](C=C[C@H]2[C@H](OC3CCCCO3)CC(=O)[C@@H]2CC(=O)CCCCC(=O)OC)OC2CCCCO2)CC1. The van der Waals surface area contributed by atoms with Gasteiger partial charge in [-0.3, -0.25) is 14.4 Å². The van der Waals surface area contributed by atoms with Crippen LogP contribution in [-0.2, 0) is 38.1 Å². The van der Waals surface area contributed by atoms with E-state index >= 15 is 0 Å². The standard InChI is InChI=1S/C35H56O8/c1-3-10-25-15-17-26(18-16-25)31(42-34-13-6-8-21-40-34)20-19-28-29(23-27(36)11-4-5-12-33(38)39-2)30(37)24-32(28)43-35-14-7-9-22-41-35/h19-20,25-26,28-29,31-32,34-35H,3-18,21-24H2,1-2H3/t25?,26?,28-,29-,31-,32-,34?,35?/m1/s1. The topological polar surface area (TPSA) is 97.4 Å². The van der Waals surface area contributed by atoms with Crippen LogP contribution >= 0.6 is 0 Å². The molecule has 4 rings (SSSR count). The molecule has 43 heavy (non-hydrogen) atoms. The Kier molecular flexibility index (Phi) is 14.6. The number of carbonyl (C=O) groups is 3. The van der Waals surface area contributed by atoms with Crippen LogP contribution in [0.5, 0.6) is 0 Å². The zero-order valence-corrected chi connectivity index (χ0v) is 26.7. The maximum atomic E-state index is 13.4. The van der Waals surface area contributed by atoms with E-state index in [2.05, 4.69) is 19.1 Å². The lowest BCUT2D eigenvalue weighted by molar-refractivity contribution is -0.193. The summed E-state index contributed by atoms with van der Waals surface area (Å²) in [6.45, 7) is 3.68. The summed E-state index contributed by atoms with van der Waals surface area (Å²) in [6, 6.07) is 0. The molecule has 0 aromatic heterocycles. The smallest absolute Gasteiger partial charge is 0.305 e. The van der Waals surface area contributed by atoms with Crippen LogP contribution in [0.3, 0.4) is 0 Å². The van der Waals surface area contributed by atoms with E-state index in [1.807, 2.05) is 0 Å². The van der Waals surface area contributed by atoms with Crippen LogP contribution in [-0.4, -0.2) is 62.6 Å². The van der Waals surface area contributed by atoms with Crippen molar-refractivity contribution in [2.45, 2.75) is 147 Å². The van der Waals surface area contributed by atoms with E-state index in [9.17, 15) is 14.4 Å². The van der Waals surface area contributed by atoms with Crippen molar-refractivity contribution >= 4 is 17.5 Å². The van der Waals surface area contributed by atoms with Gasteiger partial charge in [-0.2, -0.15) is 0 Å². The second kappa shape index (κ2) is 18.4. The zero-order chi connectivity index (χ0) is 30.4. The van der Waals surface area contributed by atoms with E-state index in [-0.39, 0.29) is 54.7 Å². The summed E-state index contributed by atoms with van der Waals surface area (Å²) < 4.78 is 29.6. The van der Waals surface area contributed by atoms with E-state index in [1.165, 1.54) is 32.8 Å². The van der Waals surface area contributed by atoms with Crippen LogP contribution in [0.4, 0.5) is 0 Å². The largest absolute Gasteiger partial charge is 0.469 e. The van der Waals surface area contributed by atoms with E-state index in [0.717, 1.165) is 63.9 Å². The quantitative estimate of drug-likeness (QED) is 0.107. The summed E-state index contributed by atoms with van der Waals surface area (Å²) in [6.07, 6.45) is 19.1. The molecule has 4 aliphatic rings. The Hall–Kier alpha value is -1.61. The van der Waals surface area contributed by atoms with E-state index in [4.69, 9.17) is 23.7 Å². The molecule has 0 N–H and O–H groups in total. The second-order valence-corrected chi connectivity index (χ2v) is 13.2. The molecule has 2 unspecified atom stereocenters. The molecule has 8 nitrogen and oxygen atoms in total. The summed E-state index contributed by atoms with van der Waals surface area (Å²) in [7, 11) is 1.37. The lowest BCUT2D eigenvalue weighted by Gasteiger charge is -2.35. The Morgan fingerprint density at radius 2 is 1.63 bits per heavy atom. The predicted octanol–water partition coefficient (Wildman–Crippen LogP) is 6.87. The molecule has 8 heteroatoms. The fourth-order valence-corrected chi connectivity index (χ4v) is 7.42. The maximum Gasteiger partial charge on any atom is 0.305 e. The first-order valence-electron chi connectivity index (χ1n) is 17.3. The first-order valence-corrected chi connectivity index (χ1v) is 17.3. The number of ketones is 2. The van der Waals surface area contributed by atoms with Crippen LogP contribution in [0.25, 0.3) is 0 Å². The number of ether oxygens (including phenoxy) is 5. The average Bonchev–Trinajstić information content (AvgIpc) is 3.31. The molecule has 2 aliphatic heterocycles. The van der Waals surface area contributed by atoms with E-state index < -0.39 is 5.92 Å². The highest BCUT2D eigenvalue weighted by Crippen LogP contribution is 2.39. The molecule has 0 spiro atoms. The van der Waals surface area contributed by atoms with Gasteiger partial charge in [0.05, 0.1) is 19.3 Å². The first-order chi connectivity index (χ1) is 21.0. The lowest BCUT2D eigenvalue weighted by atomic mass is 9.77. The van der Waals surface area contributed by atoms with Crippen molar-refractivity contribution in [3.63, 3.8) is 0 Å². The fraction of sp³-hybridized carbons (Fsp3) is 0.857. The van der Waals surface area contributed by atoms with Crippen molar-refractivity contribution in [1.82, 2.24) is 0 Å². The van der Waals surface area contributed by atoms with Crippen molar-refractivity contribution in [3.05, 3.63) is 12.2 Å². The second-order valence-electron chi connectivity index (χ2n) is 13.2. The number of hydrogen-bond acceptors (Lipinski definition) is 8. The number of unbranched alkanes of at least 4 members (excludes halogenated alkanes) is 1. The van der Waals surface area contributed by atoms with Gasteiger partial charge in [-0.05, 0) is 76.0 Å². The molecule has 2 saturated carbocycles. The predicted molar refractivity (Wildman–Crippen MR) is 163 cm³/mol. The molecule has 2 aliphatic carbocycles. The zero-order valence-electron chi connectivity index (χ0n) is 26.7. The third-order valence-corrected chi connectivity index (χ3v) is 9.96. The number of carbonyl (C=O) groups excluding carboxylic acids is 3. The third kappa shape index (κ3) is 11.1. The van der Waals surface area contributed by atoms with Gasteiger partial charge in [-0.1, -0.05) is 44.8 Å². The minimum Gasteiger partial charge on any atom is -0.469 e. The Balaban J connectivity index is 1.46. The average molecular weight is 605 g/mol. The van der Waals surface area contributed by atoms with Crippen molar-refractivity contribution in [3.8, 4) is 0 Å². The van der Waals surface area contributed by atoms with Crippen LogP contribution < -0.4 is 0 Å². The molecule has 0 radical (unpaired) electrons. The molecule has 4 fully saturated rings. The number of rotatable bonds is 16. The maximum absolute atomic E-state index is 13.4. The van der Waals surface area contributed by atoms with Gasteiger partial charge >= 0.3 is 5.97 Å². The highest BCUT2D eigenvalue weighted by atomic mass is 16.7. The highest BCUT2D eigenvalue weighted by molar-refractivity contribution is 5.90. The van der Waals surface area contributed by atoms with Crippen LogP contribution in [0.2, 0.25) is 0 Å². The van der Waals surface area contributed by atoms with Gasteiger partial charge in [0.25, 0.3) is 0 Å². The monoisotopic (exact) mass is 604 g/mol. The van der Waals surface area contributed by atoms with Gasteiger partial charge in [-0.25, -0.2) is 0 Å². The van der Waals surface area contributed by atoms with Gasteiger partial charge in [0.1, 0.15) is 11.6 Å². The molecule has 244 valence electrons. The Bertz CT molecular complexity index is 882. The Morgan fingerprint density at radius 3 is 2.28 bits per heavy atom. The van der Waals surface area contributed by atoms with Crippen molar-refractivity contribution in [2.75, 3.05) is 20.3 Å². The third-order valence-electron chi connectivity index (χ3n) is 9.96. The molecular weight excluding hydrogens is 548 g/mol. The van der Waals surface area contributed by atoms with E-state index in [1.54, 1.807) is 0 Å². The molecule has 0 amide bonds. The molecular formula is C35H56O8. The van der Waals surface area contributed by atoms with E-state index in [0.29, 0.717) is 44.6 Å².